The molecular formula is C24H25N3O4. The maximum atomic E-state index is 13.0. The number of aromatic nitrogens is 2. The second-order valence-corrected chi connectivity index (χ2v) is 7.86. The normalized spacial score (nSPS) is 14.6. The molecule has 0 saturated heterocycles. The molecule has 1 aromatic carbocycles. The molecule has 0 bridgehead atoms. The maximum absolute atomic E-state index is 13.0. The number of benzene rings is 1. The molecule has 4 rings (SSSR count). The summed E-state index contributed by atoms with van der Waals surface area (Å²) < 4.78 is 11.2. The van der Waals surface area contributed by atoms with E-state index in [1.165, 1.54) is 0 Å². The van der Waals surface area contributed by atoms with Gasteiger partial charge in [0.2, 0.25) is 5.88 Å². The van der Waals surface area contributed by atoms with Gasteiger partial charge in [0.25, 0.3) is 11.5 Å². The lowest BCUT2D eigenvalue weighted by atomic mass is 9.98. The van der Waals surface area contributed by atoms with Crippen LogP contribution in [0.4, 0.5) is 0 Å². The molecule has 1 unspecified atom stereocenters. The van der Waals surface area contributed by atoms with Crippen LogP contribution >= 0.6 is 0 Å². The fourth-order valence-electron chi connectivity index (χ4n) is 3.91. The average molecular weight is 419 g/mol. The van der Waals surface area contributed by atoms with Crippen molar-refractivity contribution in [2.45, 2.75) is 39.8 Å². The highest BCUT2D eigenvalue weighted by atomic mass is 16.5. The van der Waals surface area contributed by atoms with Crippen LogP contribution < -0.4 is 20.3 Å². The van der Waals surface area contributed by atoms with Gasteiger partial charge in [0.15, 0.2) is 0 Å². The molecule has 7 nitrogen and oxygen atoms in total. The van der Waals surface area contributed by atoms with E-state index in [1.54, 1.807) is 19.4 Å². The summed E-state index contributed by atoms with van der Waals surface area (Å²) in [6, 6.07) is 9.23. The topological polar surface area (TPSA) is 93.3 Å². The molecule has 3 aromatic rings. The zero-order valence-electron chi connectivity index (χ0n) is 18.0. The number of hydrogen-bond donors (Lipinski definition) is 2. The second kappa shape index (κ2) is 8.26. The van der Waals surface area contributed by atoms with Crippen molar-refractivity contribution in [3.05, 3.63) is 74.8 Å². The van der Waals surface area contributed by atoms with Gasteiger partial charge in [0, 0.05) is 53.2 Å². The van der Waals surface area contributed by atoms with Gasteiger partial charge in [-0.1, -0.05) is 0 Å². The first-order chi connectivity index (χ1) is 14.9. The van der Waals surface area contributed by atoms with Gasteiger partial charge >= 0.3 is 0 Å². The molecule has 1 atom stereocenters. The predicted molar refractivity (Wildman–Crippen MR) is 118 cm³/mol. The number of H-pyrrole nitrogens is 1. The number of methoxy groups -OCH3 is 1. The third kappa shape index (κ3) is 4.17. The zero-order valence-corrected chi connectivity index (χ0v) is 18.0. The number of fused-ring (bicyclic) bond motifs is 1. The van der Waals surface area contributed by atoms with Crippen molar-refractivity contribution in [2.24, 2.45) is 0 Å². The Labute approximate surface area is 180 Å². The molecule has 3 heterocycles. The largest absolute Gasteiger partial charge is 0.489 e. The fourth-order valence-corrected chi connectivity index (χ4v) is 3.91. The first-order valence-corrected chi connectivity index (χ1v) is 10.2. The molecule has 0 radical (unpaired) electrons. The number of ether oxygens (including phenoxy) is 2. The van der Waals surface area contributed by atoms with E-state index < -0.39 is 0 Å². The monoisotopic (exact) mass is 419 g/mol. The number of carbonyl (C=O) groups is 1. The molecule has 1 aliphatic rings. The average Bonchev–Trinajstić information content (AvgIpc) is 3.12. The fraction of sp³-hybridized carbons (Fsp3) is 0.292. The summed E-state index contributed by atoms with van der Waals surface area (Å²) in [4.78, 5) is 32.3. The van der Waals surface area contributed by atoms with Crippen molar-refractivity contribution in [1.29, 1.82) is 0 Å². The van der Waals surface area contributed by atoms with Crippen molar-refractivity contribution in [2.75, 3.05) is 7.11 Å². The van der Waals surface area contributed by atoms with Crippen LogP contribution in [0.5, 0.6) is 11.6 Å². The van der Waals surface area contributed by atoms with Crippen LogP contribution in [0, 0.1) is 13.8 Å². The van der Waals surface area contributed by atoms with Crippen LogP contribution in [0.2, 0.25) is 0 Å². The van der Waals surface area contributed by atoms with Gasteiger partial charge in [-0.25, -0.2) is 4.98 Å². The summed E-state index contributed by atoms with van der Waals surface area (Å²) in [5.74, 6) is 1.05. The van der Waals surface area contributed by atoms with E-state index in [2.05, 4.69) is 15.3 Å². The van der Waals surface area contributed by atoms with Crippen molar-refractivity contribution in [1.82, 2.24) is 15.3 Å². The lowest BCUT2D eigenvalue weighted by Gasteiger charge is -2.13. The van der Waals surface area contributed by atoms with Crippen LogP contribution in [-0.4, -0.2) is 29.1 Å². The molecule has 0 spiro atoms. The molecule has 1 amide bonds. The summed E-state index contributed by atoms with van der Waals surface area (Å²) >= 11 is 0. The lowest BCUT2D eigenvalue weighted by molar-refractivity contribution is 0.0950. The Balaban J connectivity index is 1.65. The van der Waals surface area contributed by atoms with Gasteiger partial charge in [-0.05, 0) is 56.2 Å². The van der Waals surface area contributed by atoms with Crippen molar-refractivity contribution >= 4 is 5.91 Å². The molecule has 0 fully saturated rings. The van der Waals surface area contributed by atoms with Gasteiger partial charge in [0.1, 0.15) is 11.9 Å². The van der Waals surface area contributed by atoms with E-state index in [0.29, 0.717) is 17.0 Å². The molecule has 1 aliphatic heterocycles. The third-order valence-electron chi connectivity index (χ3n) is 5.43. The van der Waals surface area contributed by atoms with Gasteiger partial charge < -0.3 is 19.8 Å². The molecule has 7 heteroatoms. The first kappa shape index (κ1) is 20.7. The van der Waals surface area contributed by atoms with Crippen LogP contribution in [0.25, 0.3) is 11.1 Å². The van der Waals surface area contributed by atoms with Crippen LogP contribution in [0.15, 0.2) is 41.3 Å². The summed E-state index contributed by atoms with van der Waals surface area (Å²) in [6.45, 7) is 5.86. The Morgan fingerprint density at radius 2 is 2.10 bits per heavy atom. The number of pyridine rings is 2. The predicted octanol–water partition coefficient (Wildman–Crippen LogP) is 3.32. The van der Waals surface area contributed by atoms with Crippen LogP contribution in [0.1, 0.15) is 39.7 Å². The van der Waals surface area contributed by atoms with Gasteiger partial charge in [-0.2, -0.15) is 0 Å². The Morgan fingerprint density at radius 3 is 2.77 bits per heavy atom. The Hall–Kier alpha value is -3.61. The van der Waals surface area contributed by atoms with Crippen molar-refractivity contribution in [3.8, 4) is 22.8 Å². The summed E-state index contributed by atoms with van der Waals surface area (Å²) in [5.41, 5.74) is 5.17. The van der Waals surface area contributed by atoms with Crippen LogP contribution in [-0.2, 0) is 13.0 Å². The molecule has 2 aromatic heterocycles. The minimum Gasteiger partial charge on any atom is -0.489 e. The number of carbonyl (C=O) groups excluding carboxylic acids is 1. The highest BCUT2D eigenvalue weighted by molar-refractivity contribution is 5.96. The number of amides is 1. The number of nitrogens with zero attached hydrogens (tertiary/aromatic N) is 1. The summed E-state index contributed by atoms with van der Waals surface area (Å²) in [7, 11) is 1.57. The van der Waals surface area contributed by atoms with E-state index in [4.69, 9.17) is 9.47 Å². The molecule has 160 valence electrons. The zero-order chi connectivity index (χ0) is 22.1. The number of aromatic amines is 1. The standard InChI is InChI=1S/C24H25N3O4/c1-13-7-14(2)27-24(29)20(13)12-26-23(28)18-9-17-8-15(3)31-22(17)19(10-18)16-5-6-21(30-4)25-11-16/h5-7,9-11,15H,8,12H2,1-4H3,(H,26,28)(H,27,29). The molecule has 0 saturated carbocycles. The number of aryl methyl sites for hydroxylation is 2. The molecule has 31 heavy (non-hydrogen) atoms. The number of nitrogens with one attached hydrogen (secondary N) is 2. The maximum Gasteiger partial charge on any atom is 0.253 e. The molecule has 0 aliphatic carbocycles. The summed E-state index contributed by atoms with van der Waals surface area (Å²) in [5, 5.41) is 2.88. The molecular weight excluding hydrogens is 394 g/mol. The van der Waals surface area contributed by atoms with E-state index in [0.717, 1.165) is 40.1 Å². The smallest absolute Gasteiger partial charge is 0.253 e. The highest BCUT2D eigenvalue weighted by Gasteiger charge is 2.25. The van der Waals surface area contributed by atoms with Gasteiger partial charge in [-0.3, -0.25) is 9.59 Å². The first-order valence-electron chi connectivity index (χ1n) is 10.2. The quantitative estimate of drug-likeness (QED) is 0.662. The minimum absolute atomic E-state index is 0.0343. The SMILES string of the molecule is COc1ccc(-c2cc(C(=O)NCc3c(C)cc(C)[nH]c3=O)cc3c2OC(C)C3)cn1. The van der Waals surface area contributed by atoms with E-state index >= 15 is 0 Å². The van der Waals surface area contributed by atoms with E-state index in [9.17, 15) is 9.59 Å². The third-order valence-corrected chi connectivity index (χ3v) is 5.43. The van der Waals surface area contributed by atoms with Crippen LogP contribution in [0.3, 0.4) is 0 Å². The van der Waals surface area contributed by atoms with E-state index in [-0.39, 0.29) is 24.1 Å². The molecule has 2 N–H and O–H groups in total. The summed E-state index contributed by atoms with van der Waals surface area (Å²) in [6.07, 6.45) is 2.47. The van der Waals surface area contributed by atoms with Crippen molar-refractivity contribution < 1.29 is 14.3 Å². The number of rotatable bonds is 5. The second-order valence-electron chi connectivity index (χ2n) is 7.86. The Kier molecular flexibility index (Phi) is 5.50. The highest BCUT2D eigenvalue weighted by Crippen LogP contribution is 2.40. The van der Waals surface area contributed by atoms with Gasteiger partial charge in [-0.15, -0.1) is 0 Å². The van der Waals surface area contributed by atoms with E-state index in [1.807, 2.05) is 45.0 Å². The Bertz CT molecular complexity index is 1200. The van der Waals surface area contributed by atoms with Gasteiger partial charge in [0.05, 0.1) is 7.11 Å². The van der Waals surface area contributed by atoms with Crippen molar-refractivity contribution in [3.63, 3.8) is 0 Å². The Morgan fingerprint density at radius 1 is 1.29 bits per heavy atom. The minimum atomic E-state index is -0.246. The lowest BCUT2D eigenvalue weighted by Crippen LogP contribution is -2.28. The number of hydrogen-bond acceptors (Lipinski definition) is 5.